The number of hydrogen-bond acceptors (Lipinski definition) is 1. The molecule has 0 saturated carbocycles. The standard InChI is InChI=1S/C9H6INO/c10-7-2-1-6-3-4-11-9(12)8(6)5-7/h1-5H,(H,11,12). The summed E-state index contributed by atoms with van der Waals surface area (Å²) in [6, 6.07) is 7.72. The van der Waals surface area contributed by atoms with E-state index in [1.165, 1.54) is 0 Å². The molecule has 0 aliphatic rings. The zero-order chi connectivity index (χ0) is 8.55. The third-order valence-corrected chi connectivity index (χ3v) is 2.41. The number of aromatic nitrogens is 1. The SMILES string of the molecule is O=c1[nH]ccc2ccc(I)cc12. The Morgan fingerprint density at radius 1 is 1.25 bits per heavy atom. The minimum Gasteiger partial charge on any atom is -0.329 e. The summed E-state index contributed by atoms with van der Waals surface area (Å²) in [5, 5.41) is 1.74. The molecular weight excluding hydrogens is 265 g/mol. The second-order valence-electron chi connectivity index (χ2n) is 2.54. The number of fused-ring (bicyclic) bond motifs is 1. The average Bonchev–Trinajstić information content (AvgIpc) is 2.07. The molecule has 0 aliphatic carbocycles. The maximum atomic E-state index is 11.3. The Kier molecular flexibility index (Phi) is 1.88. The van der Waals surface area contributed by atoms with Crippen molar-refractivity contribution in [1.82, 2.24) is 4.98 Å². The Balaban J connectivity index is 2.98. The molecule has 1 N–H and O–H groups in total. The molecule has 0 fully saturated rings. The first-order valence-electron chi connectivity index (χ1n) is 3.54. The molecule has 0 radical (unpaired) electrons. The molecule has 0 saturated heterocycles. The Morgan fingerprint density at radius 2 is 2.08 bits per heavy atom. The van der Waals surface area contributed by atoms with E-state index < -0.39 is 0 Å². The highest BCUT2D eigenvalue weighted by Gasteiger charge is 1.96. The van der Waals surface area contributed by atoms with E-state index in [-0.39, 0.29) is 5.56 Å². The second kappa shape index (κ2) is 2.90. The summed E-state index contributed by atoms with van der Waals surface area (Å²) in [6.07, 6.45) is 1.66. The monoisotopic (exact) mass is 271 g/mol. The molecular formula is C9H6INO. The van der Waals surface area contributed by atoms with Gasteiger partial charge in [0.05, 0.1) is 0 Å². The molecule has 0 spiro atoms. The Hall–Kier alpha value is -0.840. The minimum absolute atomic E-state index is 0.0222. The van der Waals surface area contributed by atoms with E-state index in [1.54, 1.807) is 6.20 Å². The molecule has 1 aromatic heterocycles. The number of aromatic amines is 1. The molecule has 60 valence electrons. The van der Waals surface area contributed by atoms with E-state index in [4.69, 9.17) is 0 Å². The van der Waals surface area contributed by atoms with Crippen LogP contribution in [0.4, 0.5) is 0 Å². The first-order chi connectivity index (χ1) is 5.77. The Morgan fingerprint density at radius 3 is 2.92 bits per heavy atom. The fourth-order valence-electron chi connectivity index (χ4n) is 1.16. The van der Waals surface area contributed by atoms with Crippen molar-refractivity contribution >= 4 is 33.4 Å². The molecule has 0 unspecified atom stereocenters. The van der Waals surface area contributed by atoms with Crippen LogP contribution in [0.3, 0.4) is 0 Å². The number of hydrogen-bond donors (Lipinski definition) is 1. The van der Waals surface area contributed by atoms with Crippen molar-refractivity contribution in [2.75, 3.05) is 0 Å². The van der Waals surface area contributed by atoms with E-state index in [9.17, 15) is 4.79 Å². The van der Waals surface area contributed by atoms with Gasteiger partial charge < -0.3 is 4.98 Å². The van der Waals surface area contributed by atoms with Crippen LogP contribution in [0.15, 0.2) is 35.3 Å². The van der Waals surface area contributed by atoms with Gasteiger partial charge in [0.1, 0.15) is 0 Å². The summed E-state index contributed by atoms with van der Waals surface area (Å²) in [5.74, 6) is 0. The molecule has 0 amide bonds. The summed E-state index contributed by atoms with van der Waals surface area (Å²) >= 11 is 2.19. The summed E-state index contributed by atoms with van der Waals surface area (Å²) in [4.78, 5) is 13.9. The van der Waals surface area contributed by atoms with Crippen LogP contribution in [0.1, 0.15) is 0 Å². The Bertz CT molecular complexity index is 475. The van der Waals surface area contributed by atoms with E-state index >= 15 is 0 Å². The number of pyridine rings is 1. The highest BCUT2D eigenvalue weighted by molar-refractivity contribution is 14.1. The van der Waals surface area contributed by atoms with Crippen molar-refractivity contribution in [3.63, 3.8) is 0 Å². The van der Waals surface area contributed by atoms with Gasteiger partial charge in [0, 0.05) is 15.2 Å². The maximum absolute atomic E-state index is 11.3. The zero-order valence-corrected chi connectivity index (χ0v) is 8.33. The van der Waals surface area contributed by atoms with Crippen molar-refractivity contribution in [2.24, 2.45) is 0 Å². The molecule has 2 nitrogen and oxygen atoms in total. The maximum Gasteiger partial charge on any atom is 0.255 e. The smallest absolute Gasteiger partial charge is 0.255 e. The van der Waals surface area contributed by atoms with Gasteiger partial charge >= 0.3 is 0 Å². The van der Waals surface area contributed by atoms with Crippen molar-refractivity contribution in [1.29, 1.82) is 0 Å². The van der Waals surface area contributed by atoms with E-state index in [0.29, 0.717) is 0 Å². The summed E-state index contributed by atoms with van der Waals surface area (Å²) < 4.78 is 1.08. The van der Waals surface area contributed by atoms with Crippen LogP contribution in [0, 0.1) is 3.57 Å². The molecule has 3 heteroatoms. The molecule has 0 atom stereocenters. The fraction of sp³-hybridized carbons (Fsp3) is 0. The lowest BCUT2D eigenvalue weighted by molar-refractivity contribution is 1.28. The van der Waals surface area contributed by atoms with Crippen LogP contribution >= 0.6 is 22.6 Å². The number of H-pyrrole nitrogens is 1. The largest absolute Gasteiger partial charge is 0.329 e. The van der Waals surface area contributed by atoms with Crippen molar-refractivity contribution in [3.05, 3.63) is 44.4 Å². The molecule has 0 bridgehead atoms. The van der Waals surface area contributed by atoms with E-state index in [1.807, 2.05) is 24.3 Å². The van der Waals surface area contributed by atoms with Gasteiger partial charge in [0.2, 0.25) is 0 Å². The quantitative estimate of drug-likeness (QED) is 0.731. The molecule has 2 rings (SSSR count). The molecule has 1 heterocycles. The van der Waals surface area contributed by atoms with Crippen molar-refractivity contribution < 1.29 is 0 Å². The number of benzene rings is 1. The highest BCUT2D eigenvalue weighted by atomic mass is 127. The second-order valence-corrected chi connectivity index (χ2v) is 3.78. The minimum atomic E-state index is -0.0222. The first-order valence-corrected chi connectivity index (χ1v) is 4.62. The predicted molar refractivity (Wildman–Crippen MR) is 57.3 cm³/mol. The van der Waals surface area contributed by atoms with E-state index in [0.717, 1.165) is 14.3 Å². The lowest BCUT2D eigenvalue weighted by atomic mass is 10.2. The van der Waals surface area contributed by atoms with Gasteiger partial charge in [0.15, 0.2) is 0 Å². The van der Waals surface area contributed by atoms with Gasteiger partial charge in [-0.3, -0.25) is 4.79 Å². The summed E-state index contributed by atoms with van der Waals surface area (Å²) in [6.45, 7) is 0. The predicted octanol–water partition coefficient (Wildman–Crippen LogP) is 2.13. The zero-order valence-electron chi connectivity index (χ0n) is 6.17. The highest BCUT2D eigenvalue weighted by Crippen LogP contribution is 2.12. The van der Waals surface area contributed by atoms with Crippen LogP contribution in [-0.2, 0) is 0 Å². The first kappa shape index (κ1) is 7.79. The fourth-order valence-corrected chi connectivity index (χ4v) is 1.65. The van der Waals surface area contributed by atoms with Crippen LogP contribution in [-0.4, -0.2) is 4.98 Å². The molecule has 12 heavy (non-hydrogen) atoms. The molecule has 2 aromatic rings. The van der Waals surface area contributed by atoms with Crippen molar-refractivity contribution in [3.8, 4) is 0 Å². The lowest BCUT2D eigenvalue weighted by Gasteiger charge is -1.95. The normalized spacial score (nSPS) is 10.4. The van der Waals surface area contributed by atoms with Gasteiger partial charge in [0.25, 0.3) is 5.56 Å². The van der Waals surface area contributed by atoms with Gasteiger partial charge in [-0.25, -0.2) is 0 Å². The number of halogens is 1. The number of nitrogens with one attached hydrogen (secondary N) is 1. The third-order valence-electron chi connectivity index (χ3n) is 1.74. The molecule has 0 aliphatic heterocycles. The van der Waals surface area contributed by atoms with Crippen LogP contribution in [0.25, 0.3) is 10.8 Å². The van der Waals surface area contributed by atoms with Gasteiger partial charge in [-0.05, 0) is 46.2 Å². The Labute approximate surface area is 82.8 Å². The summed E-state index contributed by atoms with van der Waals surface area (Å²) in [5.41, 5.74) is -0.0222. The van der Waals surface area contributed by atoms with Crippen LogP contribution in [0.5, 0.6) is 0 Å². The van der Waals surface area contributed by atoms with Crippen LogP contribution in [0.2, 0.25) is 0 Å². The summed E-state index contributed by atoms with van der Waals surface area (Å²) in [7, 11) is 0. The van der Waals surface area contributed by atoms with Crippen LogP contribution < -0.4 is 5.56 Å². The van der Waals surface area contributed by atoms with Gasteiger partial charge in [-0.2, -0.15) is 0 Å². The number of rotatable bonds is 0. The van der Waals surface area contributed by atoms with Gasteiger partial charge in [-0.15, -0.1) is 0 Å². The lowest BCUT2D eigenvalue weighted by Crippen LogP contribution is -2.04. The molecule has 1 aromatic carbocycles. The topological polar surface area (TPSA) is 32.9 Å². The van der Waals surface area contributed by atoms with Crippen molar-refractivity contribution in [2.45, 2.75) is 0 Å². The van der Waals surface area contributed by atoms with E-state index in [2.05, 4.69) is 27.6 Å². The third kappa shape index (κ3) is 1.24. The van der Waals surface area contributed by atoms with Gasteiger partial charge in [-0.1, -0.05) is 6.07 Å². The average molecular weight is 271 g/mol.